The molecule has 0 aromatic heterocycles. The highest BCUT2D eigenvalue weighted by Gasteiger charge is 2.27. The standard InChI is InChI=1S/C16H20ClN3O2/c17-14-4-2-1-3-13(14)16(22)20-9-7-19(8-10-20)11-15(21)18-12-5-6-12/h1-4,12H,5-11H2,(H,18,21). The monoisotopic (exact) mass is 321 g/mol. The molecule has 1 aliphatic heterocycles. The molecule has 2 fully saturated rings. The van der Waals surface area contributed by atoms with Crippen LogP contribution in [0, 0.1) is 0 Å². The summed E-state index contributed by atoms with van der Waals surface area (Å²) in [5, 5.41) is 3.47. The maximum Gasteiger partial charge on any atom is 0.255 e. The lowest BCUT2D eigenvalue weighted by Crippen LogP contribution is -2.51. The minimum absolute atomic E-state index is 0.0346. The van der Waals surface area contributed by atoms with Gasteiger partial charge in [0.2, 0.25) is 5.91 Å². The molecule has 0 spiro atoms. The predicted octanol–water partition coefficient (Wildman–Crippen LogP) is 1.38. The molecule has 0 radical (unpaired) electrons. The molecule has 22 heavy (non-hydrogen) atoms. The first-order valence-electron chi connectivity index (χ1n) is 7.69. The molecule has 5 nitrogen and oxygen atoms in total. The number of benzene rings is 1. The molecule has 0 bridgehead atoms. The van der Waals surface area contributed by atoms with Gasteiger partial charge in [0.1, 0.15) is 0 Å². The summed E-state index contributed by atoms with van der Waals surface area (Å²) in [6.07, 6.45) is 2.21. The number of halogens is 1. The summed E-state index contributed by atoms with van der Waals surface area (Å²) in [5.41, 5.74) is 0.545. The number of piperazine rings is 1. The number of hydrogen-bond acceptors (Lipinski definition) is 3. The SMILES string of the molecule is O=C(CN1CCN(C(=O)c2ccccc2Cl)CC1)NC1CC1. The lowest BCUT2D eigenvalue weighted by molar-refractivity contribution is -0.122. The van der Waals surface area contributed by atoms with Crippen LogP contribution in [0.15, 0.2) is 24.3 Å². The van der Waals surface area contributed by atoms with E-state index in [2.05, 4.69) is 10.2 Å². The molecule has 1 N–H and O–H groups in total. The van der Waals surface area contributed by atoms with E-state index in [1.54, 1.807) is 17.0 Å². The van der Waals surface area contributed by atoms with Gasteiger partial charge in [-0.2, -0.15) is 0 Å². The molecule has 2 aliphatic rings. The van der Waals surface area contributed by atoms with Crippen molar-refractivity contribution in [2.75, 3.05) is 32.7 Å². The summed E-state index contributed by atoms with van der Waals surface area (Å²) in [5.74, 6) is 0.0565. The average molecular weight is 322 g/mol. The number of hydrogen-bond donors (Lipinski definition) is 1. The van der Waals surface area contributed by atoms with Crippen LogP contribution in [-0.2, 0) is 4.79 Å². The van der Waals surface area contributed by atoms with Crippen LogP contribution in [0.5, 0.6) is 0 Å². The highest BCUT2D eigenvalue weighted by molar-refractivity contribution is 6.33. The Balaban J connectivity index is 1.49. The van der Waals surface area contributed by atoms with Crippen molar-refractivity contribution in [2.45, 2.75) is 18.9 Å². The Labute approximate surface area is 135 Å². The molecule has 2 amide bonds. The summed E-state index contributed by atoms with van der Waals surface area (Å²) in [4.78, 5) is 28.1. The minimum atomic E-state index is -0.0346. The van der Waals surface area contributed by atoms with Crippen molar-refractivity contribution in [2.24, 2.45) is 0 Å². The van der Waals surface area contributed by atoms with Crippen LogP contribution in [0.25, 0.3) is 0 Å². The normalized spacial score (nSPS) is 19.0. The van der Waals surface area contributed by atoms with E-state index < -0.39 is 0 Å². The molecule has 1 aromatic carbocycles. The molecule has 1 heterocycles. The van der Waals surface area contributed by atoms with Gasteiger partial charge < -0.3 is 10.2 Å². The van der Waals surface area contributed by atoms with Gasteiger partial charge in [-0.05, 0) is 25.0 Å². The van der Waals surface area contributed by atoms with E-state index in [1.165, 1.54) is 0 Å². The van der Waals surface area contributed by atoms with Crippen molar-refractivity contribution in [3.05, 3.63) is 34.9 Å². The van der Waals surface area contributed by atoms with E-state index in [0.717, 1.165) is 12.8 Å². The van der Waals surface area contributed by atoms with Gasteiger partial charge in [-0.3, -0.25) is 14.5 Å². The van der Waals surface area contributed by atoms with Crippen molar-refractivity contribution in [3.8, 4) is 0 Å². The molecule has 118 valence electrons. The summed E-state index contributed by atoms with van der Waals surface area (Å²) in [6.45, 7) is 3.11. The van der Waals surface area contributed by atoms with Crippen molar-refractivity contribution < 1.29 is 9.59 Å². The zero-order valence-electron chi connectivity index (χ0n) is 12.4. The maximum absolute atomic E-state index is 12.4. The Bertz CT molecular complexity index is 566. The minimum Gasteiger partial charge on any atom is -0.352 e. The Morgan fingerprint density at radius 1 is 1.14 bits per heavy atom. The largest absolute Gasteiger partial charge is 0.352 e. The summed E-state index contributed by atoms with van der Waals surface area (Å²) in [7, 11) is 0. The zero-order chi connectivity index (χ0) is 15.5. The Morgan fingerprint density at radius 3 is 2.45 bits per heavy atom. The molecular formula is C16H20ClN3O2. The average Bonchev–Trinajstić information content (AvgIpc) is 3.31. The van der Waals surface area contributed by atoms with E-state index >= 15 is 0 Å². The van der Waals surface area contributed by atoms with Gasteiger partial charge in [0.05, 0.1) is 17.1 Å². The number of nitrogens with zero attached hydrogens (tertiary/aromatic N) is 2. The lowest BCUT2D eigenvalue weighted by Gasteiger charge is -2.34. The second-order valence-corrected chi connectivity index (χ2v) is 6.30. The Hall–Kier alpha value is -1.59. The third-order valence-corrected chi connectivity index (χ3v) is 4.40. The van der Waals surface area contributed by atoms with E-state index in [-0.39, 0.29) is 11.8 Å². The Kier molecular flexibility index (Phi) is 4.64. The third kappa shape index (κ3) is 3.78. The summed E-state index contributed by atoms with van der Waals surface area (Å²) in [6, 6.07) is 7.51. The van der Waals surface area contributed by atoms with Crippen molar-refractivity contribution in [3.63, 3.8) is 0 Å². The van der Waals surface area contributed by atoms with Crippen LogP contribution in [0.1, 0.15) is 23.2 Å². The molecule has 1 saturated carbocycles. The van der Waals surface area contributed by atoms with Gasteiger partial charge in [-0.25, -0.2) is 0 Å². The van der Waals surface area contributed by atoms with Crippen LogP contribution in [0.2, 0.25) is 5.02 Å². The fraction of sp³-hybridized carbons (Fsp3) is 0.500. The van der Waals surface area contributed by atoms with Crippen LogP contribution >= 0.6 is 11.6 Å². The Morgan fingerprint density at radius 2 is 1.82 bits per heavy atom. The highest BCUT2D eigenvalue weighted by Crippen LogP contribution is 2.19. The summed E-state index contributed by atoms with van der Waals surface area (Å²) < 4.78 is 0. The van der Waals surface area contributed by atoms with Crippen LogP contribution in [-0.4, -0.2) is 60.4 Å². The first kappa shape index (κ1) is 15.3. The molecule has 1 saturated heterocycles. The smallest absolute Gasteiger partial charge is 0.255 e. The number of carbonyl (C=O) groups is 2. The maximum atomic E-state index is 12.4. The second kappa shape index (κ2) is 6.67. The van der Waals surface area contributed by atoms with Gasteiger partial charge in [0.25, 0.3) is 5.91 Å². The fourth-order valence-corrected chi connectivity index (χ4v) is 2.83. The third-order valence-electron chi connectivity index (χ3n) is 4.07. The molecule has 3 rings (SSSR count). The fourth-order valence-electron chi connectivity index (χ4n) is 2.62. The van der Waals surface area contributed by atoms with Crippen molar-refractivity contribution >= 4 is 23.4 Å². The lowest BCUT2D eigenvalue weighted by atomic mass is 10.2. The van der Waals surface area contributed by atoms with Crippen LogP contribution in [0.3, 0.4) is 0 Å². The van der Waals surface area contributed by atoms with E-state index in [9.17, 15) is 9.59 Å². The van der Waals surface area contributed by atoms with Gasteiger partial charge in [0.15, 0.2) is 0 Å². The summed E-state index contributed by atoms with van der Waals surface area (Å²) >= 11 is 6.08. The van der Waals surface area contributed by atoms with Gasteiger partial charge >= 0.3 is 0 Å². The molecule has 1 aliphatic carbocycles. The number of nitrogens with one attached hydrogen (secondary N) is 1. The van der Waals surface area contributed by atoms with Crippen LogP contribution < -0.4 is 5.32 Å². The number of carbonyl (C=O) groups excluding carboxylic acids is 2. The molecule has 6 heteroatoms. The molecular weight excluding hydrogens is 302 g/mol. The second-order valence-electron chi connectivity index (χ2n) is 5.89. The number of amides is 2. The van der Waals surface area contributed by atoms with Gasteiger partial charge in [-0.1, -0.05) is 23.7 Å². The van der Waals surface area contributed by atoms with E-state index in [4.69, 9.17) is 11.6 Å². The van der Waals surface area contributed by atoms with Crippen LogP contribution in [0.4, 0.5) is 0 Å². The van der Waals surface area contributed by atoms with E-state index in [0.29, 0.717) is 49.4 Å². The predicted molar refractivity (Wildman–Crippen MR) is 85.0 cm³/mol. The first-order valence-corrected chi connectivity index (χ1v) is 8.07. The van der Waals surface area contributed by atoms with Gasteiger partial charge in [0, 0.05) is 32.2 Å². The quantitative estimate of drug-likeness (QED) is 0.911. The number of rotatable bonds is 4. The van der Waals surface area contributed by atoms with E-state index in [1.807, 2.05) is 12.1 Å². The molecule has 0 unspecified atom stereocenters. The molecule has 1 aromatic rings. The highest BCUT2D eigenvalue weighted by atomic mass is 35.5. The first-order chi connectivity index (χ1) is 10.6. The van der Waals surface area contributed by atoms with Crippen molar-refractivity contribution in [1.29, 1.82) is 0 Å². The van der Waals surface area contributed by atoms with Gasteiger partial charge in [-0.15, -0.1) is 0 Å². The topological polar surface area (TPSA) is 52.7 Å². The molecule has 0 atom stereocenters. The zero-order valence-corrected chi connectivity index (χ0v) is 13.2. The van der Waals surface area contributed by atoms with Crippen molar-refractivity contribution in [1.82, 2.24) is 15.1 Å².